The van der Waals surface area contributed by atoms with Crippen LogP contribution in [0.4, 0.5) is 11.4 Å². The van der Waals surface area contributed by atoms with E-state index in [-0.39, 0.29) is 4.90 Å². The van der Waals surface area contributed by atoms with Crippen LogP contribution < -0.4 is 10.5 Å². The van der Waals surface area contributed by atoms with Gasteiger partial charge in [-0.25, -0.2) is 8.42 Å². The van der Waals surface area contributed by atoms with E-state index in [9.17, 15) is 8.42 Å². The van der Waals surface area contributed by atoms with Crippen molar-refractivity contribution in [1.82, 2.24) is 0 Å². The third kappa shape index (κ3) is 2.94. The van der Waals surface area contributed by atoms with E-state index in [1.165, 1.54) is 30.3 Å². The van der Waals surface area contributed by atoms with Gasteiger partial charge in [0.25, 0.3) is 10.0 Å². The average Bonchev–Trinajstić information content (AvgIpc) is 2.29. The summed E-state index contributed by atoms with van der Waals surface area (Å²) >= 11 is 5.79. The summed E-state index contributed by atoms with van der Waals surface area (Å²) in [6, 6.07) is 12.5. The van der Waals surface area contributed by atoms with E-state index >= 15 is 0 Å². The number of hydrogen-bond donors (Lipinski definition) is 2. The smallest absolute Gasteiger partial charge is 0.261 e. The molecular weight excluding hydrogens is 272 g/mol. The molecule has 94 valence electrons. The SMILES string of the molecule is Nc1ccc(S(=O)(=O)Nc2cccc(Cl)c2)cc1. The molecule has 4 nitrogen and oxygen atoms in total. The van der Waals surface area contributed by atoms with Crippen LogP contribution in [0.2, 0.25) is 5.02 Å². The maximum Gasteiger partial charge on any atom is 0.261 e. The summed E-state index contributed by atoms with van der Waals surface area (Å²) in [5, 5.41) is 0.465. The third-order valence-electron chi connectivity index (χ3n) is 2.27. The van der Waals surface area contributed by atoms with Crippen LogP contribution in [0.15, 0.2) is 53.4 Å². The molecule has 0 aromatic heterocycles. The van der Waals surface area contributed by atoms with Gasteiger partial charge in [0.05, 0.1) is 10.6 Å². The topological polar surface area (TPSA) is 72.2 Å². The van der Waals surface area contributed by atoms with Crippen molar-refractivity contribution in [2.24, 2.45) is 0 Å². The Morgan fingerprint density at radius 1 is 1.06 bits per heavy atom. The first-order valence-corrected chi connectivity index (χ1v) is 6.97. The number of hydrogen-bond acceptors (Lipinski definition) is 3. The van der Waals surface area contributed by atoms with Crippen LogP contribution in [0.25, 0.3) is 0 Å². The van der Waals surface area contributed by atoms with E-state index < -0.39 is 10.0 Å². The van der Waals surface area contributed by atoms with Gasteiger partial charge < -0.3 is 5.73 Å². The van der Waals surface area contributed by atoms with Crippen LogP contribution in [0.5, 0.6) is 0 Å². The number of nitrogens with two attached hydrogens (primary N) is 1. The van der Waals surface area contributed by atoms with E-state index in [4.69, 9.17) is 17.3 Å². The maximum atomic E-state index is 12.0. The summed E-state index contributed by atoms with van der Waals surface area (Å²) in [7, 11) is -3.61. The van der Waals surface area contributed by atoms with E-state index in [0.717, 1.165) is 0 Å². The molecule has 2 aromatic rings. The lowest BCUT2D eigenvalue weighted by Crippen LogP contribution is -2.12. The molecule has 0 saturated heterocycles. The maximum absolute atomic E-state index is 12.0. The highest BCUT2D eigenvalue weighted by atomic mass is 35.5. The zero-order valence-corrected chi connectivity index (χ0v) is 10.9. The quantitative estimate of drug-likeness (QED) is 0.850. The van der Waals surface area contributed by atoms with Crippen molar-refractivity contribution < 1.29 is 8.42 Å². The van der Waals surface area contributed by atoms with Crippen molar-refractivity contribution >= 4 is 33.0 Å². The van der Waals surface area contributed by atoms with Crippen LogP contribution >= 0.6 is 11.6 Å². The van der Waals surface area contributed by atoms with E-state index in [0.29, 0.717) is 16.4 Å². The highest BCUT2D eigenvalue weighted by Gasteiger charge is 2.13. The summed E-state index contributed by atoms with van der Waals surface area (Å²) in [6.45, 7) is 0. The molecule has 0 amide bonds. The largest absolute Gasteiger partial charge is 0.399 e. The molecule has 6 heteroatoms. The second kappa shape index (κ2) is 4.88. The first-order valence-electron chi connectivity index (χ1n) is 5.11. The Kier molecular flexibility index (Phi) is 3.45. The standard InChI is InChI=1S/C12H11ClN2O2S/c13-9-2-1-3-11(8-9)15-18(16,17)12-6-4-10(14)5-7-12/h1-8,15H,14H2. The van der Waals surface area contributed by atoms with E-state index in [2.05, 4.69) is 4.72 Å². The van der Waals surface area contributed by atoms with E-state index in [1.807, 2.05) is 0 Å². The average molecular weight is 283 g/mol. The first kappa shape index (κ1) is 12.7. The zero-order valence-electron chi connectivity index (χ0n) is 9.30. The molecule has 0 saturated carbocycles. The van der Waals surface area contributed by atoms with Crippen LogP contribution in [-0.4, -0.2) is 8.42 Å². The van der Waals surface area contributed by atoms with Gasteiger partial charge in [0.15, 0.2) is 0 Å². The molecule has 0 unspecified atom stereocenters. The summed E-state index contributed by atoms with van der Waals surface area (Å²) in [5.74, 6) is 0. The van der Waals surface area contributed by atoms with E-state index in [1.54, 1.807) is 18.2 Å². The number of nitrogen functional groups attached to an aromatic ring is 1. The van der Waals surface area contributed by atoms with Crippen molar-refractivity contribution in [1.29, 1.82) is 0 Å². The number of halogens is 1. The van der Waals surface area contributed by atoms with Gasteiger partial charge in [-0.1, -0.05) is 17.7 Å². The summed E-state index contributed by atoms with van der Waals surface area (Å²) in [4.78, 5) is 0.150. The molecule has 0 spiro atoms. The summed E-state index contributed by atoms with van der Waals surface area (Å²) < 4.78 is 26.5. The predicted octanol–water partition coefficient (Wildman–Crippen LogP) is 2.72. The zero-order chi connectivity index (χ0) is 13.2. The number of sulfonamides is 1. The molecule has 18 heavy (non-hydrogen) atoms. The Hall–Kier alpha value is -1.72. The van der Waals surface area contributed by atoms with Gasteiger partial charge in [-0.3, -0.25) is 4.72 Å². The molecule has 0 aliphatic rings. The second-order valence-electron chi connectivity index (χ2n) is 3.68. The van der Waals surface area contributed by atoms with Crippen molar-refractivity contribution in [3.8, 4) is 0 Å². The Labute approximate surface area is 110 Å². The fourth-order valence-electron chi connectivity index (χ4n) is 1.41. The molecule has 0 radical (unpaired) electrons. The van der Waals surface area contributed by atoms with Gasteiger partial charge in [0.2, 0.25) is 0 Å². The van der Waals surface area contributed by atoms with Crippen molar-refractivity contribution in [3.63, 3.8) is 0 Å². The molecule has 0 heterocycles. The summed E-state index contributed by atoms with van der Waals surface area (Å²) in [6.07, 6.45) is 0. The molecule has 2 aromatic carbocycles. The Balaban J connectivity index is 2.30. The van der Waals surface area contributed by atoms with Gasteiger partial charge in [0.1, 0.15) is 0 Å². The highest BCUT2D eigenvalue weighted by molar-refractivity contribution is 7.92. The Morgan fingerprint density at radius 2 is 1.72 bits per heavy atom. The molecule has 0 atom stereocenters. The van der Waals surface area contributed by atoms with Crippen molar-refractivity contribution in [2.75, 3.05) is 10.5 Å². The normalized spacial score (nSPS) is 11.2. The van der Waals surface area contributed by atoms with Gasteiger partial charge in [-0.2, -0.15) is 0 Å². The number of nitrogens with one attached hydrogen (secondary N) is 1. The minimum atomic E-state index is -3.61. The molecular formula is C12H11ClN2O2S. The lowest BCUT2D eigenvalue weighted by Gasteiger charge is -2.08. The number of anilines is 2. The van der Waals surface area contributed by atoms with Crippen molar-refractivity contribution in [3.05, 3.63) is 53.6 Å². The van der Waals surface area contributed by atoms with Crippen LogP contribution in [0.1, 0.15) is 0 Å². The monoisotopic (exact) mass is 282 g/mol. The van der Waals surface area contributed by atoms with Gasteiger partial charge in [0, 0.05) is 10.7 Å². The molecule has 3 N–H and O–H groups in total. The first-order chi connectivity index (χ1) is 8.47. The van der Waals surface area contributed by atoms with Gasteiger partial charge in [-0.05, 0) is 42.5 Å². The molecule has 0 aliphatic heterocycles. The van der Waals surface area contributed by atoms with Gasteiger partial charge >= 0.3 is 0 Å². The van der Waals surface area contributed by atoms with Gasteiger partial charge in [-0.15, -0.1) is 0 Å². The third-order valence-corrected chi connectivity index (χ3v) is 3.90. The van der Waals surface area contributed by atoms with Crippen LogP contribution in [-0.2, 0) is 10.0 Å². The molecule has 0 fully saturated rings. The predicted molar refractivity (Wildman–Crippen MR) is 73.1 cm³/mol. The highest BCUT2D eigenvalue weighted by Crippen LogP contribution is 2.19. The minimum absolute atomic E-state index is 0.150. The molecule has 0 bridgehead atoms. The fourth-order valence-corrected chi connectivity index (χ4v) is 2.65. The molecule has 0 aliphatic carbocycles. The minimum Gasteiger partial charge on any atom is -0.399 e. The lowest BCUT2D eigenvalue weighted by atomic mass is 10.3. The Bertz CT molecular complexity index is 654. The summed E-state index contributed by atoms with van der Waals surface area (Å²) in [5.41, 5.74) is 6.44. The second-order valence-corrected chi connectivity index (χ2v) is 5.80. The Morgan fingerprint density at radius 3 is 2.33 bits per heavy atom. The number of rotatable bonds is 3. The molecule has 2 rings (SSSR count). The fraction of sp³-hybridized carbons (Fsp3) is 0. The van der Waals surface area contributed by atoms with Crippen LogP contribution in [0.3, 0.4) is 0 Å². The van der Waals surface area contributed by atoms with Crippen LogP contribution in [0, 0.1) is 0 Å². The lowest BCUT2D eigenvalue weighted by molar-refractivity contribution is 0.601. The van der Waals surface area contributed by atoms with Crippen molar-refractivity contribution in [2.45, 2.75) is 4.90 Å². The number of benzene rings is 2.